The number of hydrogen-bond donors (Lipinski definition) is 2. The zero-order valence-electron chi connectivity index (χ0n) is 9.89. The first-order valence-electron chi connectivity index (χ1n) is 6.13. The maximum absolute atomic E-state index is 10.3. The Morgan fingerprint density at radius 1 is 1.19 bits per heavy atom. The molecule has 3 rings (SSSR count). The van der Waals surface area contributed by atoms with Crippen LogP contribution < -0.4 is 0 Å². The summed E-state index contributed by atoms with van der Waals surface area (Å²) < 4.78 is 0. The predicted molar refractivity (Wildman–Crippen MR) is 56.2 cm³/mol. The molecule has 2 heterocycles. The maximum Gasteiger partial charge on any atom is 0.185 e. The lowest BCUT2D eigenvalue weighted by molar-refractivity contribution is -0.300. The van der Waals surface area contributed by atoms with Gasteiger partial charge in [-0.15, -0.1) is 0 Å². The molecule has 3 aliphatic rings. The molecule has 0 bridgehead atoms. The molecular weight excluding hydrogens is 208 g/mol. The van der Waals surface area contributed by atoms with Crippen LogP contribution in [0.15, 0.2) is 0 Å². The molecule has 0 amide bonds. The van der Waals surface area contributed by atoms with E-state index in [4.69, 9.17) is 4.84 Å². The highest BCUT2D eigenvalue weighted by Crippen LogP contribution is 2.49. The molecule has 0 aromatic carbocycles. The number of hydroxylamine groups is 4. The SMILES string of the molecule is C[C@]12C[C@](C)(O)ON1[C@@H]1CCCC[C@H]1N2O. The van der Waals surface area contributed by atoms with Crippen molar-refractivity contribution in [3.8, 4) is 0 Å². The van der Waals surface area contributed by atoms with E-state index < -0.39 is 11.4 Å². The van der Waals surface area contributed by atoms with E-state index in [1.807, 2.05) is 12.0 Å². The quantitative estimate of drug-likeness (QED) is 0.649. The predicted octanol–water partition coefficient (Wildman–Crippen LogP) is 1.06. The molecule has 5 nitrogen and oxygen atoms in total. The van der Waals surface area contributed by atoms with Gasteiger partial charge in [-0.05, 0) is 26.7 Å². The Hall–Kier alpha value is -0.200. The van der Waals surface area contributed by atoms with Gasteiger partial charge < -0.3 is 10.3 Å². The summed E-state index contributed by atoms with van der Waals surface area (Å²) in [6.45, 7) is 3.59. The lowest BCUT2D eigenvalue weighted by atomic mass is 9.91. The third-order valence-corrected chi connectivity index (χ3v) is 4.24. The first-order valence-corrected chi connectivity index (χ1v) is 6.13. The van der Waals surface area contributed by atoms with Crippen LogP contribution in [0.2, 0.25) is 0 Å². The van der Waals surface area contributed by atoms with E-state index in [2.05, 4.69) is 0 Å². The van der Waals surface area contributed by atoms with Crippen molar-refractivity contribution >= 4 is 0 Å². The summed E-state index contributed by atoms with van der Waals surface area (Å²) in [5.41, 5.74) is -0.566. The number of fused-ring (bicyclic) bond motifs is 3. The fourth-order valence-corrected chi connectivity index (χ4v) is 3.66. The summed E-state index contributed by atoms with van der Waals surface area (Å²) in [5, 5.41) is 23.5. The largest absolute Gasteiger partial charge is 0.364 e. The Morgan fingerprint density at radius 2 is 1.81 bits per heavy atom. The summed E-state index contributed by atoms with van der Waals surface area (Å²) in [4.78, 5) is 5.60. The second kappa shape index (κ2) is 3.17. The lowest BCUT2D eigenvalue weighted by Crippen LogP contribution is -2.47. The van der Waals surface area contributed by atoms with Crippen LogP contribution in [-0.4, -0.2) is 44.0 Å². The molecule has 1 saturated carbocycles. The van der Waals surface area contributed by atoms with Crippen molar-refractivity contribution in [3.63, 3.8) is 0 Å². The molecule has 0 radical (unpaired) electrons. The highest BCUT2D eigenvalue weighted by molar-refractivity contribution is 5.04. The van der Waals surface area contributed by atoms with Gasteiger partial charge in [0.25, 0.3) is 0 Å². The van der Waals surface area contributed by atoms with Crippen LogP contribution in [0, 0.1) is 0 Å². The highest BCUT2D eigenvalue weighted by Gasteiger charge is 2.63. The van der Waals surface area contributed by atoms with Crippen molar-refractivity contribution in [2.24, 2.45) is 0 Å². The van der Waals surface area contributed by atoms with Gasteiger partial charge in [-0.2, -0.15) is 10.1 Å². The van der Waals surface area contributed by atoms with Crippen molar-refractivity contribution in [2.75, 3.05) is 0 Å². The summed E-state index contributed by atoms with van der Waals surface area (Å²) in [6, 6.07) is 0.382. The van der Waals surface area contributed by atoms with Crippen LogP contribution in [0.5, 0.6) is 0 Å². The van der Waals surface area contributed by atoms with E-state index in [1.54, 1.807) is 6.92 Å². The Balaban J connectivity index is 1.93. The molecule has 92 valence electrons. The molecule has 16 heavy (non-hydrogen) atoms. The van der Waals surface area contributed by atoms with E-state index in [0.717, 1.165) is 12.8 Å². The summed E-state index contributed by atoms with van der Waals surface area (Å²) in [7, 11) is 0. The molecule has 2 N–H and O–H groups in total. The van der Waals surface area contributed by atoms with Gasteiger partial charge in [0.1, 0.15) is 5.66 Å². The second-order valence-electron chi connectivity index (χ2n) is 5.75. The first kappa shape index (κ1) is 10.9. The zero-order chi connectivity index (χ0) is 11.6. The Morgan fingerprint density at radius 3 is 2.50 bits per heavy atom. The Labute approximate surface area is 95.5 Å². The number of nitrogens with zero attached hydrogens (tertiary/aromatic N) is 2. The molecule has 0 spiro atoms. The number of hydrogen-bond acceptors (Lipinski definition) is 5. The molecule has 4 atom stereocenters. The van der Waals surface area contributed by atoms with E-state index in [0.29, 0.717) is 6.42 Å². The highest BCUT2D eigenvalue weighted by atomic mass is 16.8. The van der Waals surface area contributed by atoms with Crippen LogP contribution in [0.4, 0.5) is 0 Å². The topological polar surface area (TPSA) is 56.2 Å². The number of aliphatic hydroxyl groups is 1. The maximum atomic E-state index is 10.3. The van der Waals surface area contributed by atoms with Crippen molar-refractivity contribution in [1.82, 2.24) is 10.1 Å². The van der Waals surface area contributed by atoms with Gasteiger partial charge in [0.05, 0.1) is 12.1 Å². The summed E-state index contributed by atoms with van der Waals surface area (Å²) >= 11 is 0. The summed E-state index contributed by atoms with van der Waals surface area (Å²) in [5.74, 6) is -1.15. The molecule has 3 fully saturated rings. The van der Waals surface area contributed by atoms with Crippen LogP contribution in [-0.2, 0) is 4.84 Å². The van der Waals surface area contributed by atoms with Crippen molar-refractivity contribution in [1.29, 1.82) is 0 Å². The van der Waals surface area contributed by atoms with Crippen LogP contribution in [0.25, 0.3) is 0 Å². The van der Waals surface area contributed by atoms with Gasteiger partial charge in [0, 0.05) is 6.42 Å². The van der Waals surface area contributed by atoms with Crippen LogP contribution in [0.3, 0.4) is 0 Å². The molecule has 0 aromatic rings. The van der Waals surface area contributed by atoms with Crippen LogP contribution in [0.1, 0.15) is 46.0 Å². The smallest absolute Gasteiger partial charge is 0.185 e. The lowest BCUT2D eigenvalue weighted by Gasteiger charge is -2.32. The summed E-state index contributed by atoms with van der Waals surface area (Å²) in [6.07, 6.45) is 4.81. The van der Waals surface area contributed by atoms with Gasteiger partial charge in [-0.25, -0.2) is 0 Å². The molecule has 2 saturated heterocycles. The van der Waals surface area contributed by atoms with Gasteiger partial charge in [-0.3, -0.25) is 4.84 Å². The Bertz CT molecular complexity index is 310. The molecule has 0 aromatic heterocycles. The monoisotopic (exact) mass is 228 g/mol. The molecule has 0 unspecified atom stereocenters. The van der Waals surface area contributed by atoms with Crippen LogP contribution >= 0.6 is 0 Å². The molecule has 1 aliphatic carbocycles. The van der Waals surface area contributed by atoms with Gasteiger partial charge in [0.2, 0.25) is 0 Å². The molecule has 5 heteroatoms. The average Bonchev–Trinajstić information content (AvgIpc) is 2.57. The third kappa shape index (κ3) is 1.29. The van der Waals surface area contributed by atoms with E-state index in [1.165, 1.54) is 17.9 Å². The van der Waals surface area contributed by atoms with Gasteiger partial charge in [-0.1, -0.05) is 12.8 Å². The van der Waals surface area contributed by atoms with Crippen molar-refractivity contribution in [3.05, 3.63) is 0 Å². The molecule has 2 aliphatic heterocycles. The van der Waals surface area contributed by atoms with E-state index in [-0.39, 0.29) is 12.1 Å². The minimum atomic E-state index is -1.15. The fraction of sp³-hybridized carbons (Fsp3) is 1.00. The zero-order valence-corrected chi connectivity index (χ0v) is 9.89. The fourth-order valence-electron chi connectivity index (χ4n) is 3.66. The average molecular weight is 228 g/mol. The van der Waals surface area contributed by atoms with Crippen molar-refractivity contribution < 1.29 is 15.2 Å². The van der Waals surface area contributed by atoms with Gasteiger partial charge >= 0.3 is 0 Å². The molecular formula is C11H20N2O3. The van der Waals surface area contributed by atoms with Crippen molar-refractivity contribution in [2.45, 2.75) is 69.5 Å². The second-order valence-corrected chi connectivity index (χ2v) is 5.75. The normalized spacial score (nSPS) is 54.0. The van der Waals surface area contributed by atoms with Gasteiger partial charge in [0.15, 0.2) is 5.79 Å². The van der Waals surface area contributed by atoms with E-state index in [9.17, 15) is 10.3 Å². The van der Waals surface area contributed by atoms with E-state index >= 15 is 0 Å². The third-order valence-electron chi connectivity index (χ3n) is 4.24. The minimum Gasteiger partial charge on any atom is -0.364 e. The first-order chi connectivity index (χ1) is 7.44. The minimum absolute atomic E-state index is 0.162. The number of rotatable bonds is 0. The Kier molecular flexibility index (Phi) is 2.17. The standard InChI is InChI=1S/C11H20N2O3/c1-10-7-11(2,14)16-13(10)9-6-4-3-5-8(9)12(10)15/h8-9,14-15H,3-7H2,1-2H3/t8-,9-,10-,11-/m1/s1.